The molecule has 0 amide bonds. The van der Waals surface area contributed by atoms with Gasteiger partial charge in [-0.05, 0) is 37.5 Å². The molecule has 2 fully saturated rings. The first-order valence-corrected chi connectivity index (χ1v) is 8.01. The molecule has 0 spiro atoms. The number of halogens is 1. The molecule has 0 N–H and O–H groups in total. The van der Waals surface area contributed by atoms with Crippen LogP contribution >= 0.6 is 0 Å². The summed E-state index contributed by atoms with van der Waals surface area (Å²) < 4.78 is 18.9. The molecule has 3 unspecified atom stereocenters. The Hall–Kier alpha value is -1.37. The quantitative estimate of drug-likeness (QED) is 0.585. The predicted octanol–water partition coefficient (Wildman–Crippen LogP) is 3.94. The SMILES string of the molecule is CC1CCC(/C=C/C(=O)OC2CCC(C#N)C(F)C2)CC1. The molecule has 2 saturated carbocycles. The van der Waals surface area contributed by atoms with Crippen LogP contribution in [-0.4, -0.2) is 18.2 Å². The summed E-state index contributed by atoms with van der Waals surface area (Å²) in [6, 6.07) is 1.97. The zero-order valence-corrected chi connectivity index (χ0v) is 12.6. The van der Waals surface area contributed by atoms with Crippen molar-refractivity contribution in [1.82, 2.24) is 0 Å². The van der Waals surface area contributed by atoms with E-state index >= 15 is 0 Å². The zero-order chi connectivity index (χ0) is 15.2. The number of carbonyl (C=O) groups is 1. The Labute approximate surface area is 126 Å². The fourth-order valence-corrected chi connectivity index (χ4v) is 3.23. The van der Waals surface area contributed by atoms with Gasteiger partial charge in [-0.1, -0.05) is 25.8 Å². The van der Waals surface area contributed by atoms with E-state index in [2.05, 4.69) is 6.92 Å². The van der Waals surface area contributed by atoms with Crippen LogP contribution in [0.25, 0.3) is 0 Å². The van der Waals surface area contributed by atoms with E-state index in [0.29, 0.717) is 18.8 Å². The van der Waals surface area contributed by atoms with Crippen molar-refractivity contribution in [3.05, 3.63) is 12.2 Å². The van der Waals surface area contributed by atoms with Gasteiger partial charge in [0, 0.05) is 12.5 Å². The maximum Gasteiger partial charge on any atom is 0.330 e. The number of nitrogens with zero attached hydrogens (tertiary/aromatic N) is 1. The monoisotopic (exact) mass is 293 g/mol. The van der Waals surface area contributed by atoms with Crippen LogP contribution in [0.4, 0.5) is 4.39 Å². The van der Waals surface area contributed by atoms with Gasteiger partial charge in [-0.2, -0.15) is 5.26 Å². The number of rotatable bonds is 3. The minimum atomic E-state index is -1.18. The Morgan fingerprint density at radius 1 is 1.24 bits per heavy atom. The molecule has 0 aromatic rings. The number of hydrogen-bond acceptors (Lipinski definition) is 3. The molecule has 0 bridgehead atoms. The Morgan fingerprint density at radius 3 is 2.57 bits per heavy atom. The average molecular weight is 293 g/mol. The van der Waals surface area contributed by atoms with E-state index in [4.69, 9.17) is 10.00 Å². The Balaban J connectivity index is 1.73. The Bertz CT molecular complexity index is 421. The lowest BCUT2D eigenvalue weighted by Gasteiger charge is -2.27. The van der Waals surface area contributed by atoms with Crippen LogP contribution in [0.3, 0.4) is 0 Å². The molecule has 2 rings (SSSR count). The number of ether oxygens (including phenoxy) is 1. The van der Waals surface area contributed by atoms with Gasteiger partial charge < -0.3 is 4.74 Å². The molecule has 0 aromatic heterocycles. The van der Waals surface area contributed by atoms with E-state index in [1.165, 1.54) is 18.9 Å². The number of hydrogen-bond donors (Lipinski definition) is 0. The van der Waals surface area contributed by atoms with Crippen LogP contribution in [0.15, 0.2) is 12.2 Å². The van der Waals surface area contributed by atoms with Gasteiger partial charge in [0.2, 0.25) is 0 Å². The highest BCUT2D eigenvalue weighted by Crippen LogP contribution is 2.30. The zero-order valence-electron chi connectivity index (χ0n) is 12.6. The largest absolute Gasteiger partial charge is 0.459 e. The van der Waals surface area contributed by atoms with Crippen molar-refractivity contribution < 1.29 is 13.9 Å². The van der Waals surface area contributed by atoms with Crippen LogP contribution in [-0.2, 0) is 9.53 Å². The smallest absolute Gasteiger partial charge is 0.330 e. The van der Waals surface area contributed by atoms with Gasteiger partial charge >= 0.3 is 5.97 Å². The predicted molar refractivity (Wildman–Crippen MR) is 78.0 cm³/mol. The van der Waals surface area contributed by atoms with Gasteiger partial charge in [-0.3, -0.25) is 0 Å². The summed E-state index contributed by atoms with van der Waals surface area (Å²) in [4.78, 5) is 11.8. The molecule has 0 aromatic carbocycles. The van der Waals surface area contributed by atoms with E-state index in [0.717, 1.165) is 18.8 Å². The molecule has 0 radical (unpaired) electrons. The lowest BCUT2D eigenvalue weighted by Crippen LogP contribution is -2.31. The summed E-state index contributed by atoms with van der Waals surface area (Å²) in [5.74, 6) is 0.344. The first-order valence-electron chi connectivity index (χ1n) is 8.01. The van der Waals surface area contributed by atoms with Crippen molar-refractivity contribution in [3.63, 3.8) is 0 Å². The number of nitriles is 1. The van der Waals surface area contributed by atoms with E-state index in [1.807, 2.05) is 12.1 Å². The van der Waals surface area contributed by atoms with Crippen molar-refractivity contribution >= 4 is 5.97 Å². The molecule has 3 nitrogen and oxygen atoms in total. The summed E-state index contributed by atoms with van der Waals surface area (Å²) in [6.07, 6.45) is 7.79. The third kappa shape index (κ3) is 4.84. The van der Waals surface area contributed by atoms with Crippen LogP contribution in [0.1, 0.15) is 51.9 Å². The first kappa shape index (κ1) is 16.0. The average Bonchev–Trinajstić information content (AvgIpc) is 2.47. The van der Waals surface area contributed by atoms with Crippen molar-refractivity contribution in [2.45, 2.75) is 64.1 Å². The Morgan fingerprint density at radius 2 is 1.95 bits per heavy atom. The number of allylic oxidation sites excluding steroid dienone is 1. The highest BCUT2D eigenvalue weighted by Gasteiger charge is 2.32. The second-order valence-electron chi connectivity index (χ2n) is 6.50. The Kier molecular flexibility index (Phi) is 5.78. The second kappa shape index (κ2) is 7.59. The number of esters is 1. The van der Waals surface area contributed by atoms with Gasteiger partial charge in [-0.15, -0.1) is 0 Å². The van der Waals surface area contributed by atoms with Gasteiger partial charge in [0.1, 0.15) is 12.3 Å². The first-order chi connectivity index (χ1) is 10.1. The molecule has 0 heterocycles. The molecule has 2 aliphatic carbocycles. The molecule has 21 heavy (non-hydrogen) atoms. The van der Waals surface area contributed by atoms with Gasteiger partial charge in [-0.25, -0.2) is 9.18 Å². The number of alkyl halides is 1. The molecule has 0 aliphatic heterocycles. The lowest BCUT2D eigenvalue weighted by atomic mass is 9.83. The van der Waals surface area contributed by atoms with Gasteiger partial charge in [0.05, 0.1) is 12.0 Å². The standard InChI is InChI=1S/C17H24FNO2/c1-12-2-4-13(5-3-12)6-9-17(20)21-15-8-7-14(11-19)16(18)10-15/h6,9,12-16H,2-5,7-8,10H2,1H3/b9-6+. The van der Waals surface area contributed by atoms with Crippen LogP contribution < -0.4 is 0 Å². The highest BCUT2D eigenvalue weighted by molar-refractivity contribution is 5.82. The van der Waals surface area contributed by atoms with E-state index < -0.39 is 12.1 Å². The molecule has 116 valence electrons. The second-order valence-corrected chi connectivity index (χ2v) is 6.50. The lowest BCUT2D eigenvalue weighted by molar-refractivity contribution is -0.145. The summed E-state index contributed by atoms with van der Waals surface area (Å²) in [5, 5.41) is 8.77. The topological polar surface area (TPSA) is 50.1 Å². The van der Waals surface area contributed by atoms with E-state index in [1.54, 1.807) is 0 Å². The summed E-state index contributed by atoms with van der Waals surface area (Å²) >= 11 is 0. The molecule has 4 heteroatoms. The maximum atomic E-state index is 13.6. The third-order valence-corrected chi connectivity index (χ3v) is 4.74. The van der Waals surface area contributed by atoms with E-state index in [9.17, 15) is 9.18 Å². The molecule has 2 aliphatic rings. The minimum Gasteiger partial charge on any atom is -0.459 e. The minimum absolute atomic E-state index is 0.152. The fourth-order valence-electron chi connectivity index (χ4n) is 3.23. The normalized spacial score (nSPS) is 37.1. The molecular weight excluding hydrogens is 269 g/mol. The third-order valence-electron chi connectivity index (χ3n) is 4.74. The summed E-state index contributed by atoms with van der Waals surface area (Å²) in [5.41, 5.74) is 0. The highest BCUT2D eigenvalue weighted by atomic mass is 19.1. The van der Waals surface area contributed by atoms with Crippen molar-refractivity contribution in [2.24, 2.45) is 17.8 Å². The van der Waals surface area contributed by atoms with Crippen molar-refractivity contribution in [1.29, 1.82) is 5.26 Å². The summed E-state index contributed by atoms with van der Waals surface area (Å²) in [6.45, 7) is 2.26. The van der Waals surface area contributed by atoms with Crippen LogP contribution in [0.2, 0.25) is 0 Å². The molecule has 3 atom stereocenters. The molecular formula is C17H24FNO2. The van der Waals surface area contributed by atoms with E-state index in [-0.39, 0.29) is 18.5 Å². The van der Waals surface area contributed by atoms with Crippen LogP contribution in [0, 0.1) is 29.1 Å². The van der Waals surface area contributed by atoms with Crippen LogP contribution in [0.5, 0.6) is 0 Å². The van der Waals surface area contributed by atoms with Crippen molar-refractivity contribution in [2.75, 3.05) is 0 Å². The van der Waals surface area contributed by atoms with Crippen molar-refractivity contribution in [3.8, 4) is 6.07 Å². The summed E-state index contributed by atoms with van der Waals surface area (Å²) in [7, 11) is 0. The van der Waals surface area contributed by atoms with Gasteiger partial charge in [0.25, 0.3) is 0 Å². The maximum absolute atomic E-state index is 13.6. The number of carbonyl (C=O) groups excluding carboxylic acids is 1. The fraction of sp³-hybridized carbons (Fsp3) is 0.765. The van der Waals surface area contributed by atoms with Gasteiger partial charge in [0.15, 0.2) is 0 Å². The molecule has 0 saturated heterocycles.